The van der Waals surface area contributed by atoms with Gasteiger partial charge in [0.1, 0.15) is 12.4 Å². The molecule has 1 aliphatic heterocycles. The average Bonchev–Trinajstić information content (AvgIpc) is 3.31. The first kappa shape index (κ1) is 27.7. The first-order valence-corrected chi connectivity index (χ1v) is 13.7. The van der Waals surface area contributed by atoms with E-state index in [4.69, 9.17) is 9.47 Å². The van der Waals surface area contributed by atoms with Crippen molar-refractivity contribution in [1.82, 2.24) is 9.80 Å². The summed E-state index contributed by atoms with van der Waals surface area (Å²) in [6, 6.07) is 10.3. The highest BCUT2D eigenvalue weighted by atomic mass is 32.1. The van der Waals surface area contributed by atoms with E-state index in [-0.39, 0.29) is 25.1 Å². The lowest BCUT2D eigenvalue weighted by molar-refractivity contribution is -0.136. The molecule has 0 spiro atoms. The van der Waals surface area contributed by atoms with E-state index < -0.39 is 6.10 Å². The van der Waals surface area contributed by atoms with Crippen LogP contribution in [0.1, 0.15) is 62.6 Å². The maximum Gasteiger partial charge on any atom is 0.237 e. The van der Waals surface area contributed by atoms with Crippen LogP contribution >= 0.6 is 11.3 Å². The van der Waals surface area contributed by atoms with Crippen LogP contribution in [-0.4, -0.2) is 72.9 Å². The number of ether oxygens (including phenoxy) is 2. The van der Waals surface area contributed by atoms with Gasteiger partial charge in [-0.3, -0.25) is 9.69 Å². The van der Waals surface area contributed by atoms with Crippen LogP contribution in [0.3, 0.4) is 0 Å². The molecule has 0 saturated carbocycles. The summed E-state index contributed by atoms with van der Waals surface area (Å²) in [6.07, 6.45) is 0.259. The monoisotopic (exact) mass is 502 g/mol. The largest absolute Gasteiger partial charge is 0.491 e. The van der Waals surface area contributed by atoms with Gasteiger partial charge >= 0.3 is 0 Å². The maximum atomic E-state index is 13.4. The zero-order chi connectivity index (χ0) is 25.4. The van der Waals surface area contributed by atoms with Gasteiger partial charge in [0.05, 0.1) is 25.3 Å². The number of carbonyl (C=O) groups is 1. The Morgan fingerprint density at radius 2 is 1.91 bits per heavy atom. The predicted molar refractivity (Wildman–Crippen MR) is 142 cm³/mol. The molecule has 3 rings (SSSR count). The summed E-state index contributed by atoms with van der Waals surface area (Å²) in [4.78, 5) is 18.7. The van der Waals surface area contributed by atoms with E-state index >= 15 is 0 Å². The Kier molecular flexibility index (Phi) is 10.6. The van der Waals surface area contributed by atoms with Gasteiger partial charge in [0.2, 0.25) is 5.91 Å². The van der Waals surface area contributed by atoms with Crippen molar-refractivity contribution in [2.75, 3.05) is 46.0 Å². The second-order valence-electron chi connectivity index (χ2n) is 10.1. The molecule has 2 heterocycles. The maximum absolute atomic E-state index is 13.4. The summed E-state index contributed by atoms with van der Waals surface area (Å²) in [6.45, 7) is 13.9. The Morgan fingerprint density at radius 3 is 2.57 bits per heavy atom. The van der Waals surface area contributed by atoms with Crippen molar-refractivity contribution < 1.29 is 19.4 Å². The normalized spacial score (nSPS) is 16.7. The lowest BCUT2D eigenvalue weighted by atomic mass is 10.00. The SMILES string of the molecule is CCN(CC(=O)N1CCc2sccc2[C@H]1COc1ccc(C(C)C)cc1)C[C@@H](O)COCC(C)C. The van der Waals surface area contributed by atoms with E-state index in [0.717, 1.165) is 12.2 Å². The molecule has 0 radical (unpaired) electrons. The third kappa shape index (κ3) is 8.04. The van der Waals surface area contributed by atoms with E-state index in [1.165, 1.54) is 16.0 Å². The fraction of sp³-hybridized carbons (Fsp3) is 0.607. The Morgan fingerprint density at radius 1 is 1.17 bits per heavy atom. The van der Waals surface area contributed by atoms with Gasteiger partial charge < -0.3 is 19.5 Å². The van der Waals surface area contributed by atoms with Crippen LogP contribution in [0.2, 0.25) is 0 Å². The third-order valence-corrected chi connectivity index (χ3v) is 7.40. The second-order valence-corrected chi connectivity index (χ2v) is 11.1. The minimum atomic E-state index is -0.612. The molecular formula is C28H42N2O4S. The molecule has 1 amide bonds. The van der Waals surface area contributed by atoms with Crippen molar-refractivity contribution in [1.29, 1.82) is 0 Å². The van der Waals surface area contributed by atoms with Crippen molar-refractivity contribution in [2.45, 2.75) is 59.1 Å². The minimum Gasteiger partial charge on any atom is -0.491 e. The van der Waals surface area contributed by atoms with Crippen molar-refractivity contribution >= 4 is 17.2 Å². The highest BCUT2D eigenvalue weighted by Gasteiger charge is 2.33. The molecule has 6 nitrogen and oxygen atoms in total. The number of amides is 1. The molecule has 1 aliphatic rings. The molecule has 1 aromatic carbocycles. The highest BCUT2D eigenvalue weighted by Crippen LogP contribution is 2.34. The first-order chi connectivity index (χ1) is 16.8. The first-order valence-electron chi connectivity index (χ1n) is 12.8. The number of hydrogen-bond acceptors (Lipinski definition) is 6. The Hall–Kier alpha value is -1.93. The number of likely N-dealkylation sites (N-methyl/N-ethyl adjacent to an activating group) is 1. The molecule has 35 heavy (non-hydrogen) atoms. The molecule has 7 heteroatoms. The number of benzene rings is 1. The molecule has 0 unspecified atom stereocenters. The molecule has 2 aromatic rings. The van der Waals surface area contributed by atoms with Crippen LogP contribution in [0.4, 0.5) is 0 Å². The van der Waals surface area contributed by atoms with E-state index in [1.54, 1.807) is 11.3 Å². The topological polar surface area (TPSA) is 62.2 Å². The Labute approximate surface area is 214 Å². The van der Waals surface area contributed by atoms with E-state index in [1.807, 2.05) is 28.9 Å². The summed E-state index contributed by atoms with van der Waals surface area (Å²) in [5.74, 6) is 1.80. The number of aliphatic hydroxyl groups excluding tert-OH is 1. The molecule has 1 N–H and O–H groups in total. The van der Waals surface area contributed by atoms with Gasteiger partial charge in [-0.05, 0) is 59.5 Å². The molecule has 2 atom stereocenters. The van der Waals surface area contributed by atoms with E-state index in [9.17, 15) is 9.90 Å². The predicted octanol–water partition coefficient (Wildman–Crippen LogP) is 4.73. The van der Waals surface area contributed by atoms with Crippen LogP contribution in [0.5, 0.6) is 5.75 Å². The number of carbonyl (C=O) groups excluding carboxylic acids is 1. The van der Waals surface area contributed by atoms with Gasteiger partial charge in [0.15, 0.2) is 0 Å². The molecule has 0 bridgehead atoms. The fourth-order valence-electron chi connectivity index (χ4n) is 4.38. The summed E-state index contributed by atoms with van der Waals surface area (Å²) in [5.41, 5.74) is 2.47. The smallest absolute Gasteiger partial charge is 0.237 e. The molecule has 0 saturated heterocycles. The summed E-state index contributed by atoms with van der Waals surface area (Å²) < 4.78 is 11.8. The van der Waals surface area contributed by atoms with Crippen LogP contribution in [0, 0.1) is 5.92 Å². The number of thiophene rings is 1. The summed E-state index contributed by atoms with van der Waals surface area (Å²) in [7, 11) is 0. The van der Waals surface area contributed by atoms with Gasteiger partial charge in [0, 0.05) is 24.6 Å². The fourth-order valence-corrected chi connectivity index (χ4v) is 5.31. The third-order valence-electron chi connectivity index (χ3n) is 6.41. The van der Waals surface area contributed by atoms with Crippen molar-refractivity contribution in [2.24, 2.45) is 5.92 Å². The van der Waals surface area contributed by atoms with Crippen LogP contribution in [-0.2, 0) is 16.0 Å². The van der Waals surface area contributed by atoms with E-state index in [2.05, 4.69) is 51.3 Å². The molecule has 0 aliphatic carbocycles. The number of nitrogens with zero attached hydrogens (tertiary/aromatic N) is 2. The van der Waals surface area contributed by atoms with Crippen LogP contribution in [0.15, 0.2) is 35.7 Å². The highest BCUT2D eigenvalue weighted by molar-refractivity contribution is 7.10. The number of fused-ring (bicyclic) bond motifs is 1. The van der Waals surface area contributed by atoms with Crippen molar-refractivity contribution in [3.8, 4) is 5.75 Å². The van der Waals surface area contributed by atoms with Crippen molar-refractivity contribution in [3.05, 3.63) is 51.7 Å². The summed E-state index contributed by atoms with van der Waals surface area (Å²) >= 11 is 1.76. The van der Waals surface area contributed by atoms with Gasteiger partial charge in [-0.15, -0.1) is 11.3 Å². The van der Waals surface area contributed by atoms with Gasteiger partial charge in [-0.1, -0.05) is 46.8 Å². The van der Waals surface area contributed by atoms with Crippen LogP contribution < -0.4 is 4.74 Å². The standard InChI is InChI=1S/C28H42N2O4S/c1-6-29(15-23(31)18-33-17-20(2)3)16-28(32)30-13-11-27-25(12-14-35-27)26(30)19-34-24-9-7-22(8-10-24)21(4)5/h7-10,12,14,20-21,23,26,31H,6,11,13,15-19H2,1-5H3/t23-,26-/m1/s1. The van der Waals surface area contributed by atoms with Gasteiger partial charge in [-0.2, -0.15) is 0 Å². The van der Waals surface area contributed by atoms with Gasteiger partial charge in [-0.25, -0.2) is 0 Å². The number of aliphatic hydroxyl groups is 1. The molecular weight excluding hydrogens is 460 g/mol. The van der Waals surface area contributed by atoms with Crippen molar-refractivity contribution in [3.63, 3.8) is 0 Å². The van der Waals surface area contributed by atoms with E-state index in [0.29, 0.717) is 44.7 Å². The Balaban J connectivity index is 1.62. The second kappa shape index (κ2) is 13.4. The zero-order valence-electron chi connectivity index (χ0n) is 21.9. The quantitative estimate of drug-likeness (QED) is 0.429. The number of rotatable bonds is 13. The molecule has 1 aromatic heterocycles. The average molecular weight is 503 g/mol. The van der Waals surface area contributed by atoms with Crippen LogP contribution in [0.25, 0.3) is 0 Å². The lowest BCUT2D eigenvalue weighted by Gasteiger charge is -2.37. The lowest BCUT2D eigenvalue weighted by Crippen LogP contribution is -2.48. The molecule has 194 valence electrons. The summed E-state index contributed by atoms with van der Waals surface area (Å²) in [5, 5.41) is 12.5. The Bertz CT molecular complexity index is 912. The zero-order valence-corrected chi connectivity index (χ0v) is 22.7. The van der Waals surface area contributed by atoms with Gasteiger partial charge in [0.25, 0.3) is 0 Å². The molecule has 0 fully saturated rings. The number of hydrogen-bond donors (Lipinski definition) is 1. The minimum absolute atomic E-state index is 0.0720.